The molecule has 20 heteroatoms. The Morgan fingerprint density at radius 3 is 1.68 bits per heavy atom. The molecule has 0 unspecified atom stereocenters. The molecule has 3 rings (SSSR count). The van der Waals surface area contributed by atoms with E-state index in [9.17, 15) is 18.0 Å². The normalized spacial score (nSPS) is 11.0. The van der Waals surface area contributed by atoms with Crippen molar-refractivity contribution in [1.82, 2.24) is 10.6 Å². The van der Waals surface area contributed by atoms with Gasteiger partial charge in [0.1, 0.15) is 0 Å². The van der Waals surface area contributed by atoms with E-state index in [-0.39, 0.29) is 26.8 Å². The van der Waals surface area contributed by atoms with Crippen molar-refractivity contribution in [3.05, 3.63) is 78.9 Å². The molecule has 12 nitrogen and oxygen atoms in total. The maximum absolute atomic E-state index is 13.0. The van der Waals surface area contributed by atoms with Gasteiger partial charge in [0.15, 0.2) is 0 Å². The zero-order chi connectivity index (χ0) is 34.2. The van der Waals surface area contributed by atoms with Crippen LogP contribution < -0.4 is 20.7 Å². The summed E-state index contributed by atoms with van der Waals surface area (Å²) in [4.78, 5) is 23.6. The Labute approximate surface area is 303 Å². The number of hydrogen-bond acceptors (Lipinski definition) is 14. The molecule has 3 aromatic carbocycles. The van der Waals surface area contributed by atoms with Gasteiger partial charge in [-0.1, -0.05) is 18.2 Å². The van der Waals surface area contributed by atoms with Crippen molar-refractivity contribution in [2.75, 3.05) is 23.3 Å². The second-order valence-corrected chi connectivity index (χ2v) is 31.8. The number of carbonyl (C=O) groups is 2. The van der Waals surface area contributed by atoms with Crippen LogP contribution in [-0.2, 0) is 19.5 Å². The molecule has 0 fully saturated rings. The third kappa shape index (κ3) is 14.6. The molecule has 0 radical (unpaired) electrons. The summed E-state index contributed by atoms with van der Waals surface area (Å²) in [5, 5.41) is 16.3. The van der Waals surface area contributed by atoms with Gasteiger partial charge in [0.2, 0.25) is 0 Å². The summed E-state index contributed by atoms with van der Waals surface area (Å²) in [6.45, 7) is 3.71. The first-order chi connectivity index (χ1) is 22.5. The first-order valence-corrected chi connectivity index (χ1v) is 27.7. The number of azo groups is 1. The van der Waals surface area contributed by atoms with Gasteiger partial charge in [-0.3, -0.25) is 0 Å². The fourth-order valence-corrected chi connectivity index (χ4v) is 32.4. The minimum atomic E-state index is -3.89. The van der Waals surface area contributed by atoms with E-state index in [2.05, 4.69) is 30.9 Å². The van der Waals surface area contributed by atoms with Crippen molar-refractivity contribution in [3.8, 4) is 0 Å². The van der Waals surface area contributed by atoms with Gasteiger partial charge in [0.05, 0.1) is 11.4 Å². The number of benzene rings is 3. The molecule has 47 heavy (non-hydrogen) atoms. The van der Waals surface area contributed by atoms with Crippen LogP contribution >= 0.6 is 63.2 Å². The number of sulfonamides is 1. The molecule has 4 N–H and O–H groups in total. The molecule has 0 spiro atoms. The number of carbonyl (C=O) groups excluding carboxylic acids is 2. The predicted molar refractivity (Wildman–Crippen MR) is 205 cm³/mol. The number of anilines is 2. The SMILES string of the molecule is CCOC(=O)NC(=S)[S][Sb]([S]C(=S)NC(=O)OCC)[S]C(=S)Nc1ccc(S(=O)(=O)Nc2ccc(N=Nc3ccccc3)cc2)cc1. The van der Waals surface area contributed by atoms with E-state index in [0.29, 0.717) is 27.1 Å². The molecule has 0 atom stereocenters. The van der Waals surface area contributed by atoms with E-state index in [1.165, 1.54) is 38.7 Å². The second-order valence-electron chi connectivity index (χ2n) is 8.39. The minimum absolute atomic E-state index is 0.0432. The number of ether oxygens (including phenoxy) is 2. The summed E-state index contributed by atoms with van der Waals surface area (Å²) in [6.07, 6.45) is -1.36. The van der Waals surface area contributed by atoms with Crippen molar-refractivity contribution in [2.45, 2.75) is 18.7 Å². The third-order valence-corrected chi connectivity index (χ3v) is 29.5. The summed E-state index contributed by atoms with van der Waals surface area (Å²) in [5.41, 5.74) is 2.18. The average Bonchev–Trinajstić information content (AvgIpc) is 3.01. The number of alkyl carbamates (subject to hydrolysis) is 2. The van der Waals surface area contributed by atoms with E-state index in [1.54, 1.807) is 50.2 Å². The van der Waals surface area contributed by atoms with Gasteiger partial charge in [-0.25, -0.2) is 0 Å². The average molecular weight is 878 g/mol. The first kappa shape index (κ1) is 38.9. The van der Waals surface area contributed by atoms with Crippen LogP contribution in [-0.4, -0.2) is 62.8 Å². The van der Waals surface area contributed by atoms with Gasteiger partial charge >= 0.3 is 254 Å². The molecule has 0 saturated carbocycles. The molecule has 0 aliphatic carbocycles. The molecule has 0 aliphatic heterocycles. The van der Waals surface area contributed by atoms with Crippen LogP contribution in [0.25, 0.3) is 0 Å². The van der Waals surface area contributed by atoms with Crippen LogP contribution in [0.2, 0.25) is 0 Å². The first-order valence-electron chi connectivity index (χ1n) is 13.3. The summed E-state index contributed by atoms with van der Waals surface area (Å²) < 4.78 is 39.1. The summed E-state index contributed by atoms with van der Waals surface area (Å²) in [7, 11) is -0.0923. The maximum atomic E-state index is 13.0. The Balaban J connectivity index is 1.60. The number of hydrogen-bond donors (Lipinski definition) is 4. The Hall–Kier alpha value is -2.51. The van der Waals surface area contributed by atoms with Crippen molar-refractivity contribution >= 4 is 137 Å². The van der Waals surface area contributed by atoms with Crippen LogP contribution in [0, 0.1) is 0 Å². The number of amides is 2. The van der Waals surface area contributed by atoms with E-state index in [0.717, 1.165) is 0 Å². The van der Waals surface area contributed by atoms with Crippen LogP contribution in [0.1, 0.15) is 13.8 Å². The topological polar surface area (TPSA) is 160 Å². The van der Waals surface area contributed by atoms with E-state index < -0.39 is 38.2 Å². The van der Waals surface area contributed by atoms with Crippen molar-refractivity contribution in [2.24, 2.45) is 10.2 Å². The van der Waals surface area contributed by atoms with Gasteiger partial charge in [-0.15, -0.1) is 0 Å². The van der Waals surface area contributed by atoms with Gasteiger partial charge in [-0.2, -0.15) is 10.2 Å². The number of rotatable bonds is 11. The molecule has 248 valence electrons. The molecule has 3 aromatic rings. The molecule has 0 saturated heterocycles. The summed E-state index contributed by atoms with van der Waals surface area (Å²) in [5.74, 6) is 0. The predicted octanol–water partition coefficient (Wildman–Crippen LogP) is 7.85. The van der Waals surface area contributed by atoms with Gasteiger partial charge < -0.3 is 0 Å². The van der Waals surface area contributed by atoms with E-state index >= 15 is 0 Å². The zero-order valence-electron chi connectivity index (χ0n) is 24.6. The standard InChI is InChI=1S/C19H16N4O2S3.2C4H7NO2S2.Sb/c24-28(25,18-12-10-14(11-13-18)20-19(26)27)23-17-8-6-16(7-9-17)22-21-15-4-2-1-3-5-15;2*1-2-7-3(6)5-4(8)9;/h1-13,23H,(H2,20,26,27);2*2H2,1H3,(H2,5,6,8,9);/q;;;+3/p-3. The molecule has 0 heterocycles. The zero-order valence-corrected chi connectivity index (χ0v) is 32.8. The molecule has 0 bridgehead atoms. The Kier molecular flexibility index (Phi) is 16.7. The quantitative estimate of drug-likeness (QED) is 0.0839. The third-order valence-electron chi connectivity index (χ3n) is 5.00. The summed E-state index contributed by atoms with van der Waals surface area (Å²) in [6, 6.07) is 21.8. The van der Waals surface area contributed by atoms with Crippen LogP contribution in [0.3, 0.4) is 0 Å². The van der Waals surface area contributed by atoms with Gasteiger partial charge in [0, 0.05) is 0 Å². The van der Waals surface area contributed by atoms with Gasteiger partial charge in [0.25, 0.3) is 0 Å². The van der Waals surface area contributed by atoms with E-state index in [4.69, 9.17) is 46.1 Å². The van der Waals surface area contributed by atoms with Crippen molar-refractivity contribution in [3.63, 3.8) is 0 Å². The summed E-state index contributed by atoms with van der Waals surface area (Å²) >= 11 is 13.4. The van der Waals surface area contributed by atoms with Gasteiger partial charge in [-0.05, 0) is 12.1 Å². The molecule has 2 amide bonds. The fourth-order valence-electron chi connectivity index (χ4n) is 3.08. The fraction of sp³-hybridized carbons (Fsp3) is 0.148. The van der Waals surface area contributed by atoms with Crippen LogP contribution in [0.15, 0.2) is 94.0 Å². The van der Waals surface area contributed by atoms with Crippen LogP contribution in [0.4, 0.5) is 32.3 Å². The number of nitrogens with one attached hydrogen (secondary N) is 4. The Morgan fingerprint density at radius 1 is 0.702 bits per heavy atom. The Bertz CT molecular complexity index is 1670. The number of thiocarbonyl (C=S) groups is 3. The Morgan fingerprint density at radius 2 is 1.17 bits per heavy atom. The molecule has 0 aromatic heterocycles. The van der Waals surface area contributed by atoms with Crippen molar-refractivity contribution < 1.29 is 27.5 Å². The number of nitrogens with zero attached hydrogens (tertiary/aromatic N) is 2. The molecular formula is C27H27N6O6S7Sb. The van der Waals surface area contributed by atoms with Crippen LogP contribution in [0.5, 0.6) is 0 Å². The molecular weight excluding hydrogens is 851 g/mol. The second kappa shape index (κ2) is 20.1. The van der Waals surface area contributed by atoms with Crippen molar-refractivity contribution in [1.29, 1.82) is 0 Å². The van der Waals surface area contributed by atoms with E-state index in [1.807, 2.05) is 30.3 Å². The molecule has 0 aliphatic rings. The monoisotopic (exact) mass is 876 g/mol.